The molecule has 1 aliphatic heterocycles. The lowest BCUT2D eigenvalue weighted by molar-refractivity contribution is -0.180. The zero-order valence-electron chi connectivity index (χ0n) is 22.9. The van der Waals surface area contributed by atoms with Crippen LogP contribution in [0.25, 0.3) is 21.5 Å². The maximum atomic E-state index is 12.2. The lowest BCUT2D eigenvalue weighted by atomic mass is 9.93. The summed E-state index contributed by atoms with van der Waals surface area (Å²) in [7, 11) is 0. The maximum absolute atomic E-state index is 12.2. The number of ether oxygens (including phenoxy) is 4. The molecule has 0 saturated heterocycles. The first-order valence-electron chi connectivity index (χ1n) is 12.9. The fourth-order valence-corrected chi connectivity index (χ4v) is 5.27. The standard InChI is InChI=1S/C29H27N5O7S/c1-16(35)38-14-26-28(41-18(3)37)27(40-17(2)36)20(13-39-26)11-22(19-7-9-21(30)10-8-19)24-12-34(33-32-24)25-6-4-5-23-29(25)42-15-31-23/h4-13,15,26-28H,14,30H2,1-3H3/b22-11+/t26-,27-,28-/m1/s1. The molecule has 0 radical (unpaired) electrons. The van der Waals surface area contributed by atoms with Crippen molar-refractivity contribution >= 4 is 50.7 Å². The van der Waals surface area contributed by atoms with E-state index in [4.69, 9.17) is 24.7 Å². The van der Waals surface area contributed by atoms with Gasteiger partial charge in [-0.3, -0.25) is 14.4 Å². The molecule has 1 aliphatic rings. The van der Waals surface area contributed by atoms with Gasteiger partial charge in [0.05, 0.1) is 33.9 Å². The van der Waals surface area contributed by atoms with Gasteiger partial charge in [-0.15, -0.1) is 16.4 Å². The molecule has 4 aromatic rings. The van der Waals surface area contributed by atoms with Gasteiger partial charge in [-0.1, -0.05) is 23.4 Å². The van der Waals surface area contributed by atoms with Crippen LogP contribution in [0.1, 0.15) is 32.0 Å². The van der Waals surface area contributed by atoms with Crippen molar-refractivity contribution < 1.29 is 33.3 Å². The summed E-state index contributed by atoms with van der Waals surface area (Å²) in [6.45, 7) is 3.50. The van der Waals surface area contributed by atoms with Crippen molar-refractivity contribution in [3.63, 3.8) is 0 Å². The number of rotatable bonds is 8. The fourth-order valence-electron chi connectivity index (χ4n) is 4.48. The highest BCUT2D eigenvalue weighted by molar-refractivity contribution is 7.17. The van der Waals surface area contributed by atoms with E-state index < -0.39 is 36.2 Å². The Morgan fingerprint density at radius 3 is 2.52 bits per heavy atom. The van der Waals surface area contributed by atoms with E-state index in [-0.39, 0.29) is 6.61 Å². The van der Waals surface area contributed by atoms with E-state index in [9.17, 15) is 14.4 Å². The van der Waals surface area contributed by atoms with Gasteiger partial charge in [-0.05, 0) is 35.9 Å². The van der Waals surface area contributed by atoms with Gasteiger partial charge in [-0.2, -0.15) is 0 Å². The summed E-state index contributed by atoms with van der Waals surface area (Å²) >= 11 is 1.49. The van der Waals surface area contributed by atoms with Gasteiger partial charge < -0.3 is 24.7 Å². The number of nitrogen functional groups attached to an aromatic ring is 1. The van der Waals surface area contributed by atoms with E-state index in [1.54, 1.807) is 34.6 Å². The minimum atomic E-state index is -1.10. The lowest BCUT2D eigenvalue weighted by Crippen LogP contribution is -2.49. The average molecular weight is 590 g/mol. The van der Waals surface area contributed by atoms with Crippen molar-refractivity contribution in [3.8, 4) is 5.69 Å². The van der Waals surface area contributed by atoms with Crippen LogP contribution in [0.5, 0.6) is 0 Å². The van der Waals surface area contributed by atoms with Crippen LogP contribution in [0.3, 0.4) is 0 Å². The Bertz CT molecular complexity index is 1690. The summed E-state index contributed by atoms with van der Waals surface area (Å²) in [5, 5.41) is 8.82. The number of esters is 3. The molecule has 0 fully saturated rings. The molecule has 0 aliphatic carbocycles. The van der Waals surface area contributed by atoms with E-state index in [1.165, 1.54) is 38.4 Å². The van der Waals surface area contributed by atoms with Gasteiger partial charge in [0.25, 0.3) is 0 Å². The van der Waals surface area contributed by atoms with Crippen molar-refractivity contribution in [2.75, 3.05) is 12.3 Å². The summed E-state index contributed by atoms with van der Waals surface area (Å²) in [6.07, 6.45) is 1.79. The Morgan fingerprint density at radius 1 is 1.05 bits per heavy atom. The lowest BCUT2D eigenvalue weighted by Gasteiger charge is -2.35. The van der Waals surface area contributed by atoms with Crippen LogP contribution in [0.2, 0.25) is 0 Å². The second kappa shape index (κ2) is 12.2. The number of benzene rings is 2. The normalized spacial score (nSPS) is 18.6. The van der Waals surface area contributed by atoms with E-state index in [0.29, 0.717) is 22.5 Å². The Balaban J connectivity index is 1.60. The number of anilines is 1. The molecular formula is C29H27N5O7S. The number of fused-ring (bicyclic) bond motifs is 1. The Hall–Kier alpha value is -5.04. The molecular weight excluding hydrogens is 562 g/mol. The van der Waals surface area contributed by atoms with E-state index >= 15 is 0 Å². The highest BCUT2D eigenvalue weighted by Gasteiger charge is 2.42. The number of carbonyl (C=O) groups is 3. The summed E-state index contributed by atoms with van der Waals surface area (Å²) in [5.74, 6) is -1.78. The summed E-state index contributed by atoms with van der Waals surface area (Å²) in [4.78, 5) is 40.1. The van der Waals surface area contributed by atoms with Crippen molar-refractivity contribution in [1.29, 1.82) is 0 Å². The van der Waals surface area contributed by atoms with Crippen molar-refractivity contribution in [2.24, 2.45) is 0 Å². The third-order valence-corrected chi connectivity index (χ3v) is 7.17. The van der Waals surface area contributed by atoms with E-state index in [2.05, 4.69) is 15.3 Å². The predicted molar refractivity (Wildman–Crippen MR) is 153 cm³/mol. The van der Waals surface area contributed by atoms with Crippen LogP contribution >= 0.6 is 11.3 Å². The first-order chi connectivity index (χ1) is 20.2. The zero-order chi connectivity index (χ0) is 29.8. The quantitative estimate of drug-likeness (QED) is 0.182. The van der Waals surface area contributed by atoms with Gasteiger partial charge >= 0.3 is 17.9 Å². The van der Waals surface area contributed by atoms with Crippen LogP contribution in [-0.4, -0.2) is 62.8 Å². The molecule has 2 aromatic heterocycles. The summed E-state index contributed by atoms with van der Waals surface area (Å²) in [6, 6.07) is 12.9. The number of hydrogen-bond donors (Lipinski definition) is 1. The molecule has 3 heterocycles. The van der Waals surface area contributed by atoms with Crippen LogP contribution in [-0.2, 0) is 33.3 Å². The van der Waals surface area contributed by atoms with Crippen molar-refractivity contribution in [3.05, 3.63) is 83.3 Å². The van der Waals surface area contributed by atoms with Gasteiger partial charge in [0.2, 0.25) is 0 Å². The average Bonchev–Trinajstić information content (AvgIpc) is 3.63. The Kier molecular flexibility index (Phi) is 8.29. The number of hydrogen-bond acceptors (Lipinski definition) is 12. The molecule has 2 aromatic carbocycles. The van der Waals surface area contributed by atoms with E-state index in [1.807, 2.05) is 30.3 Å². The van der Waals surface area contributed by atoms with Crippen LogP contribution in [0.4, 0.5) is 5.69 Å². The molecule has 3 atom stereocenters. The van der Waals surface area contributed by atoms with Crippen LogP contribution in [0.15, 0.2) is 72.1 Å². The van der Waals surface area contributed by atoms with Crippen LogP contribution in [0, 0.1) is 0 Å². The van der Waals surface area contributed by atoms with Crippen molar-refractivity contribution in [1.82, 2.24) is 20.0 Å². The molecule has 13 heteroatoms. The first-order valence-corrected chi connectivity index (χ1v) is 13.7. The number of aromatic nitrogens is 4. The van der Waals surface area contributed by atoms with Gasteiger partial charge in [0.1, 0.15) is 12.3 Å². The monoisotopic (exact) mass is 589 g/mol. The minimum Gasteiger partial charge on any atom is -0.490 e. The molecule has 0 unspecified atom stereocenters. The molecule has 42 heavy (non-hydrogen) atoms. The van der Waals surface area contributed by atoms with Gasteiger partial charge in [0.15, 0.2) is 18.3 Å². The summed E-state index contributed by atoms with van der Waals surface area (Å²) in [5.41, 5.74) is 12.2. The molecule has 0 saturated carbocycles. The third-order valence-electron chi connectivity index (χ3n) is 6.30. The number of nitrogens with zero attached hydrogens (tertiary/aromatic N) is 4. The predicted octanol–water partition coefficient (Wildman–Crippen LogP) is 3.60. The summed E-state index contributed by atoms with van der Waals surface area (Å²) < 4.78 is 24.7. The number of carbonyl (C=O) groups excluding carboxylic acids is 3. The number of nitrogens with two attached hydrogens (primary N) is 1. The van der Waals surface area contributed by atoms with E-state index in [0.717, 1.165) is 21.5 Å². The molecule has 12 nitrogen and oxygen atoms in total. The second-order valence-corrected chi connectivity index (χ2v) is 10.3. The highest BCUT2D eigenvalue weighted by Crippen LogP contribution is 2.32. The molecule has 216 valence electrons. The smallest absolute Gasteiger partial charge is 0.303 e. The molecule has 0 spiro atoms. The fraction of sp³-hybridized carbons (Fsp3) is 0.241. The second-order valence-electron chi connectivity index (χ2n) is 9.41. The number of thiazole rings is 1. The topological polar surface area (TPSA) is 158 Å². The molecule has 0 bridgehead atoms. The minimum absolute atomic E-state index is 0.221. The maximum Gasteiger partial charge on any atom is 0.303 e. The van der Waals surface area contributed by atoms with Gasteiger partial charge in [0, 0.05) is 37.6 Å². The van der Waals surface area contributed by atoms with Gasteiger partial charge in [-0.25, -0.2) is 9.67 Å². The largest absolute Gasteiger partial charge is 0.490 e. The Labute approximate surface area is 244 Å². The third kappa shape index (κ3) is 6.31. The molecule has 0 amide bonds. The van der Waals surface area contributed by atoms with Crippen molar-refractivity contribution in [2.45, 2.75) is 39.1 Å². The Morgan fingerprint density at radius 2 is 1.81 bits per heavy atom. The SMILES string of the molecule is CC(=O)OC[C@H]1OC=C(/C=C(\c2ccc(N)cc2)c2cn(-c3cccc4ncsc34)nn2)[C@@H](OC(C)=O)[C@@H]1OC(C)=O. The molecule has 2 N–H and O–H groups in total. The first kappa shape index (κ1) is 28.5. The van der Waals surface area contributed by atoms with Crippen LogP contribution < -0.4 is 5.73 Å². The zero-order valence-corrected chi connectivity index (χ0v) is 23.7. The molecule has 5 rings (SSSR count). The highest BCUT2D eigenvalue weighted by atomic mass is 32.1.